The molecular formula is C18H27NO2. The summed E-state index contributed by atoms with van der Waals surface area (Å²) in [6.45, 7) is 2.68. The Morgan fingerprint density at radius 1 is 1.10 bits per heavy atom. The molecule has 1 aliphatic heterocycles. The maximum Gasteiger partial charge on any atom is 0.0730 e. The van der Waals surface area contributed by atoms with E-state index in [9.17, 15) is 5.11 Å². The van der Waals surface area contributed by atoms with E-state index >= 15 is 0 Å². The fourth-order valence-corrected chi connectivity index (χ4v) is 3.73. The molecule has 2 aliphatic rings. The Balaban J connectivity index is 1.50. The number of aliphatic hydroxyl groups is 1. The molecule has 1 heterocycles. The molecule has 1 aromatic carbocycles. The summed E-state index contributed by atoms with van der Waals surface area (Å²) in [5.74, 6) is 0. The molecule has 0 bridgehead atoms. The predicted molar refractivity (Wildman–Crippen MR) is 84.3 cm³/mol. The lowest BCUT2D eigenvalue weighted by molar-refractivity contribution is -0.0316. The molecule has 0 radical (unpaired) electrons. The van der Waals surface area contributed by atoms with Crippen molar-refractivity contribution in [2.24, 2.45) is 0 Å². The van der Waals surface area contributed by atoms with Crippen LogP contribution in [0.15, 0.2) is 30.3 Å². The van der Waals surface area contributed by atoms with Crippen LogP contribution in [0.5, 0.6) is 0 Å². The largest absolute Gasteiger partial charge is 0.392 e. The van der Waals surface area contributed by atoms with E-state index in [-0.39, 0.29) is 6.10 Å². The first-order chi connectivity index (χ1) is 10.3. The summed E-state index contributed by atoms with van der Waals surface area (Å²) in [7, 11) is 0. The van der Waals surface area contributed by atoms with Gasteiger partial charge in [0.05, 0.1) is 18.8 Å². The lowest BCUT2D eigenvalue weighted by atomic mass is 9.91. The van der Waals surface area contributed by atoms with Gasteiger partial charge in [0, 0.05) is 19.1 Å². The summed E-state index contributed by atoms with van der Waals surface area (Å²) in [4.78, 5) is 2.46. The highest BCUT2D eigenvalue weighted by Gasteiger charge is 2.34. The van der Waals surface area contributed by atoms with Gasteiger partial charge in [0.2, 0.25) is 0 Å². The molecular weight excluding hydrogens is 262 g/mol. The fourth-order valence-electron chi connectivity index (χ4n) is 3.73. The molecule has 2 fully saturated rings. The molecule has 3 nitrogen and oxygen atoms in total. The third-order valence-corrected chi connectivity index (χ3v) is 4.90. The van der Waals surface area contributed by atoms with Crippen molar-refractivity contribution in [2.45, 2.75) is 56.8 Å². The van der Waals surface area contributed by atoms with Gasteiger partial charge in [-0.25, -0.2) is 0 Å². The van der Waals surface area contributed by atoms with Gasteiger partial charge in [-0.1, -0.05) is 43.2 Å². The molecule has 3 heteroatoms. The molecule has 21 heavy (non-hydrogen) atoms. The Kier molecular flexibility index (Phi) is 5.28. The van der Waals surface area contributed by atoms with Gasteiger partial charge in [-0.2, -0.15) is 0 Å². The number of ether oxygens (including phenoxy) is 1. The van der Waals surface area contributed by atoms with Crippen LogP contribution in [0.2, 0.25) is 0 Å². The molecule has 116 valence electrons. The molecule has 1 N–H and O–H groups in total. The van der Waals surface area contributed by atoms with Crippen molar-refractivity contribution < 1.29 is 9.84 Å². The molecule has 0 unspecified atom stereocenters. The van der Waals surface area contributed by atoms with E-state index in [0.717, 1.165) is 32.5 Å². The van der Waals surface area contributed by atoms with Gasteiger partial charge in [-0.05, 0) is 31.2 Å². The highest BCUT2D eigenvalue weighted by atomic mass is 16.5. The summed E-state index contributed by atoms with van der Waals surface area (Å²) in [5.41, 5.74) is 1.35. The highest BCUT2D eigenvalue weighted by molar-refractivity contribution is 5.14. The summed E-state index contributed by atoms with van der Waals surface area (Å²) >= 11 is 0. The van der Waals surface area contributed by atoms with Crippen LogP contribution in [0.1, 0.15) is 37.7 Å². The summed E-state index contributed by atoms with van der Waals surface area (Å²) in [6.07, 6.45) is 7.12. The second-order valence-corrected chi connectivity index (χ2v) is 6.43. The van der Waals surface area contributed by atoms with E-state index in [1.54, 1.807) is 0 Å². The lowest BCUT2D eigenvalue weighted by Gasteiger charge is -2.37. The van der Waals surface area contributed by atoms with E-state index < -0.39 is 0 Å². The second kappa shape index (κ2) is 7.39. The Bertz CT molecular complexity index is 422. The number of benzene rings is 1. The fraction of sp³-hybridized carbons (Fsp3) is 0.667. The number of hydrogen-bond acceptors (Lipinski definition) is 3. The van der Waals surface area contributed by atoms with Gasteiger partial charge < -0.3 is 9.84 Å². The number of rotatable bonds is 5. The zero-order valence-corrected chi connectivity index (χ0v) is 12.8. The maximum absolute atomic E-state index is 9.76. The standard InChI is InChI=1S/C18H27NO2/c20-16-10-12-19(14-16)17-8-4-5-9-18(17)21-13-11-15-6-2-1-3-7-15/h1-3,6-7,16-18,20H,4-5,8-14H2/t16-,17+,18+/m0/s1. The van der Waals surface area contributed by atoms with Crippen LogP contribution in [-0.2, 0) is 11.2 Å². The van der Waals surface area contributed by atoms with Crippen LogP contribution in [0, 0.1) is 0 Å². The minimum absolute atomic E-state index is 0.128. The highest BCUT2D eigenvalue weighted by Crippen LogP contribution is 2.28. The Labute approximate surface area is 127 Å². The molecule has 0 amide bonds. The van der Waals surface area contributed by atoms with E-state index in [1.807, 2.05) is 0 Å². The van der Waals surface area contributed by atoms with E-state index in [1.165, 1.54) is 31.2 Å². The Morgan fingerprint density at radius 2 is 1.90 bits per heavy atom. The predicted octanol–water partition coefficient (Wildman–Crippen LogP) is 2.62. The molecule has 0 aromatic heterocycles. The van der Waals surface area contributed by atoms with E-state index in [2.05, 4.69) is 35.2 Å². The normalized spacial score (nSPS) is 30.6. The Morgan fingerprint density at radius 3 is 2.67 bits per heavy atom. The van der Waals surface area contributed by atoms with Gasteiger partial charge >= 0.3 is 0 Å². The molecule has 0 spiro atoms. The minimum Gasteiger partial charge on any atom is -0.392 e. The minimum atomic E-state index is -0.128. The first-order valence-corrected chi connectivity index (χ1v) is 8.40. The third-order valence-electron chi connectivity index (χ3n) is 4.90. The van der Waals surface area contributed by atoms with Crippen molar-refractivity contribution in [1.82, 2.24) is 4.90 Å². The van der Waals surface area contributed by atoms with Crippen molar-refractivity contribution in [3.05, 3.63) is 35.9 Å². The monoisotopic (exact) mass is 289 g/mol. The lowest BCUT2D eigenvalue weighted by Crippen LogP contribution is -2.46. The van der Waals surface area contributed by atoms with Gasteiger partial charge in [-0.3, -0.25) is 4.90 Å². The maximum atomic E-state index is 9.76. The smallest absolute Gasteiger partial charge is 0.0730 e. The van der Waals surface area contributed by atoms with Gasteiger partial charge in [0.15, 0.2) is 0 Å². The van der Waals surface area contributed by atoms with Crippen molar-refractivity contribution >= 4 is 0 Å². The average molecular weight is 289 g/mol. The van der Waals surface area contributed by atoms with E-state index in [0.29, 0.717) is 12.1 Å². The zero-order valence-electron chi connectivity index (χ0n) is 12.8. The van der Waals surface area contributed by atoms with E-state index in [4.69, 9.17) is 4.74 Å². The first-order valence-electron chi connectivity index (χ1n) is 8.40. The van der Waals surface area contributed by atoms with Crippen LogP contribution in [0.4, 0.5) is 0 Å². The van der Waals surface area contributed by atoms with Gasteiger partial charge in [-0.15, -0.1) is 0 Å². The van der Waals surface area contributed by atoms with Crippen LogP contribution in [-0.4, -0.2) is 48.0 Å². The zero-order chi connectivity index (χ0) is 14.5. The van der Waals surface area contributed by atoms with Crippen molar-refractivity contribution in [3.63, 3.8) is 0 Å². The SMILES string of the molecule is O[C@H]1CCN([C@@H]2CCCC[C@H]2OCCc2ccccc2)C1. The van der Waals surface area contributed by atoms with Crippen LogP contribution in [0.25, 0.3) is 0 Å². The van der Waals surface area contributed by atoms with Gasteiger partial charge in [0.1, 0.15) is 0 Å². The van der Waals surface area contributed by atoms with Crippen molar-refractivity contribution in [2.75, 3.05) is 19.7 Å². The molecule has 1 saturated carbocycles. The van der Waals surface area contributed by atoms with Crippen LogP contribution >= 0.6 is 0 Å². The molecule has 1 aliphatic carbocycles. The topological polar surface area (TPSA) is 32.7 Å². The number of likely N-dealkylation sites (tertiary alicyclic amines) is 1. The number of aliphatic hydroxyl groups excluding tert-OH is 1. The van der Waals surface area contributed by atoms with Crippen molar-refractivity contribution in [1.29, 1.82) is 0 Å². The van der Waals surface area contributed by atoms with Crippen LogP contribution in [0.3, 0.4) is 0 Å². The Hall–Kier alpha value is -0.900. The quantitative estimate of drug-likeness (QED) is 0.904. The third kappa shape index (κ3) is 4.06. The number of hydrogen-bond donors (Lipinski definition) is 1. The first kappa shape index (κ1) is 15.0. The second-order valence-electron chi connectivity index (χ2n) is 6.43. The average Bonchev–Trinajstić information content (AvgIpc) is 2.95. The van der Waals surface area contributed by atoms with Gasteiger partial charge in [0.25, 0.3) is 0 Å². The van der Waals surface area contributed by atoms with Crippen molar-refractivity contribution in [3.8, 4) is 0 Å². The summed E-state index contributed by atoms with van der Waals surface area (Å²) < 4.78 is 6.22. The summed E-state index contributed by atoms with van der Waals surface area (Å²) in [5, 5.41) is 9.76. The van der Waals surface area contributed by atoms with Crippen LogP contribution < -0.4 is 0 Å². The molecule has 1 aromatic rings. The number of nitrogens with zero attached hydrogens (tertiary/aromatic N) is 1. The molecule has 3 atom stereocenters. The molecule has 3 rings (SSSR count). The molecule has 1 saturated heterocycles. The number of β-amino-alcohol motifs (C(OH)–C–C–N with tert-alkyl or cyclic N) is 1. The summed E-state index contributed by atoms with van der Waals surface area (Å²) in [6, 6.07) is 11.1.